The van der Waals surface area contributed by atoms with Crippen molar-refractivity contribution in [1.82, 2.24) is 14.7 Å². The third-order valence-electron chi connectivity index (χ3n) is 4.35. The molecule has 0 aliphatic carbocycles. The molecule has 0 N–H and O–H groups in total. The van der Waals surface area contributed by atoms with Crippen LogP contribution in [0.3, 0.4) is 0 Å². The fourth-order valence-corrected chi connectivity index (χ4v) is 3.45. The number of esters is 1. The Hall–Kier alpha value is -3.22. The van der Waals surface area contributed by atoms with Gasteiger partial charge >= 0.3 is 5.97 Å². The zero-order chi connectivity index (χ0) is 20.8. The number of hydrogen-bond acceptors (Lipinski definition) is 8. The summed E-state index contributed by atoms with van der Waals surface area (Å²) < 4.78 is 17.5. The summed E-state index contributed by atoms with van der Waals surface area (Å²) >= 11 is 1.52. The first-order valence-electron chi connectivity index (χ1n) is 8.83. The van der Waals surface area contributed by atoms with Gasteiger partial charge in [0.1, 0.15) is 11.6 Å². The van der Waals surface area contributed by atoms with Gasteiger partial charge in [-0.25, -0.2) is 4.79 Å². The minimum Gasteiger partial charge on any atom is -0.451 e. The predicted octanol–water partition coefficient (Wildman–Crippen LogP) is 3.51. The molecule has 3 aromatic rings. The Bertz CT molecular complexity index is 1060. The topological polar surface area (TPSA) is 103 Å². The number of carbonyl (C=O) groups is 1. The molecule has 0 aromatic carbocycles. The quantitative estimate of drug-likeness (QED) is 0.317. The molecule has 29 heavy (non-hydrogen) atoms. The van der Waals surface area contributed by atoms with Crippen LogP contribution in [0.2, 0.25) is 0 Å². The molecule has 0 aliphatic heterocycles. The largest absolute Gasteiger partial charge is 0.451 e. The minimum absolute atomic E-state index is 0.102. The molecule has 0 fully saturated rings. The molecule has 0 atom stereocenters. The molecule has 0 spiro atoms. The minimum atomic E-state index is -0.746. The number of rotatable bonds is 8. The number of methoxy groups -OCH3 is 1. The van der Waals surface area contributed by atoms with Crippen LogP contribution in [0.15, 0.2) is 33.0 Å². The fourth-order valence-electron chi connectivity index (χ4n) is 2.82. The molecule has 150 valence electrons. The van der Waals surface area contributed by atoms with Crippen molar-refractivity contribution in [3.05, 3.63) is 51.3 Å². The second kappa shape index (κ2) is 9.32. The van der Waals surface area contributed by atoms with Gasteiger partial charge in [0.05, 0.1) is 6.61 Å². The first-order chi connectivity index (χ1) is 14.0. The summed E-state index contributed by atoms with van der Waals surface area (Å²) in [6.07, 6.45) is 1.53. The van der Waals surface area contributed by atoms with E-state index in [1.165, 1.54) is 17.4 Å². The number of hydrogen-bond donors (Lipinski definition) is 0. The monoisotopic (exact) mass is 412 g/mol. The zero-order valence-electron chi connectivity index (χ0n) is 16.3. The molecule has 0 radical (unpaired) electrons. The highest BCUT2D eigenvalue weighted by Gasteiger charge is 2.16. The lowest BCUT2D eigenvalue weighted by molar-refractivity contribution is -0.140. The highest BCUT2D eigenvalue weighted by molar-refractivity contribution is 7.08. The van der Waals surface area contributed by atoms with Gasteiger partial charge in [-0.05, 0) is 43.0 Å². The number of aryl methyl sites for hydroxylation is 1. The van der Waals surface area contributed by atoms with E-state index in [4.69, 9.17) is 14.0 Å². The second-order valence-electron chi connectivity index (χ2n) is 6.24. The van der Waals surface area contributed by atoms with Gasteiger partial charge in [0.2, 0.25) is 5.82 Å². The summed E-state index contributed by atoms with van der Waals surface area (Å²) in [4.78, 5) is 16.5. The van der Waals surface area contributed by atoms with E-state index in [1.54, 1.807) is 7.11 Å². The third kappa shape index (κ3) is 4.80. The van der Waals surface area contributed by atoms with E-state index in [-0.39, 0.29) is 18.1 Å². The number of carbonyl (C=O) groups excluding carboxylic acids is 1. The van der Waals surface area contributed by atoms with Crippen LogP contribution >= 0.6 is 11.3 Å². The summed E-state index contributed by atoms with van der Waals surface area (Å²) in [5.41, 5.74) is 3.47. The number of aromatic nitrogens is 3. The van der Waals surface area contributed by atoms with Crippen LogP contribution in [0.25, 0.3) is 17.5 Å². The van der Waals surface area contributed by atoms with Crippen LogP contribution < -0.4 is 0 Å². The number of nitrogens with zero attached hydrogens (tertiary/aromatic N) is 4. The average Bonchev–Trinajstić information content (AvgIpc) is 3.45. The van der Waals surface area contributed by atoms with E-state index in [2.05, 4.69) is 14.7 Å². The van der Waals surface area contributed by atoms with Crippen molar-refractivity contribution in [2.24, 2.45) is 0 Å². The van der Waals surface area contributed by atoms with Gasteiger partial charge in [0.15, 0.2) is 6.61 Å². The van der Waals surface area contributed by atoms with Gasteiger partial charge in [-0.15, -0.1) is 0 Å². The van der Waals surface area contributed by atoms with Crippen molar-refractivity contribution in [2.45, 2.75) is 27.0 Å². The Morgan fingerprint density at radius 2 is 2.28 bits per heavy atom. The van der Waals surface area contributed by atoms with Crippen LogP contribution in [0, 0.1) is 25.2 Å². The lowest BCUT2D eigenvalue weighted by Crippen LogP contribution is -2.08. The van der Waals surface area contributed by atoms with Gasteiger partial charge < -0.3 is 18.6 Å². The molecular weight excluding hydrogens is 392 g/mol. The molecule has 3 heterocycles. The molecule has 0 saturated heterocycles. The maximum atomic E-state index is 12.3. The van der Waals surface area contributed by atoms with Crippen LogP contribution in [-0.4, -0.2) is 34.4 Å². The lowest BCUT2D eigenvalue weighted by Gasteiger charge is -2.08. The number of thiophene rings is 1. The highest BCUT2D eigenvalue weighted by Crippen LogP contribution is 2.20. The van der Waals surface area contributed by atoms with Crippen molar-refractivity contribution in [2.75, 3.05) is 13.7 Å². The van der Waals surface area contributed by atoms with Crippen LogP contribution in [0.1, 0.15) is 22.8 Å². The Balaban J connectivity index is 1.69. The smallest absolute Gasteiger partial charge is 0.349 e. The number of ether oxygens (including phenoxy) is 2. The van der Waals surface area contributed by atoms with Crippen molar-refractivity contribution in [3.63, 3.8) is 0 Å². The first-order valence-corrected chi connectivity index (χ1v) is 9.77. The molecule has 0 saturated carbocycles. The Morgan fingerprint density at radius 1 is 1.45 bits per heavy atom. The van der Waals surface area contributed by atoms with Gasteiger partial charge in [-0.2, -0.15) is 21.6 Å². The molecule has 0 amide bonds. The maximum absolute atomic E-state index is 12.3. The molecule has 9 heteroatoms. The second-order valence-corrected chi connectivity index (χ2v) is 7.02. The molecular formula is C20H20N4O4S. The molecule has 0 aliphatic rings. The first kappa shape index (κ1) is 20.5. The van der Waals surface area contributed by atoms with Crippen LogP contribution in [0.5, 0.6) is 0 Å². The summed E-state index contributed by atoms with van der Waals surface area (Å²) in [6.45, 7) is 4.95. The fraction of sp³-hybridized carbons (Fsp3) is 0.300. The molecule has 8 nitrogen and oxygen atoms in total. The van der Waals surface area contributed by atoms with Crippen molar-refractivity contribution in [1.29, 1.82) is 5.26 Å². The van der Waals surface area contributed by atoms with E-state index in [1.807, 2.05) is 42.8 Å². The SMILES string of the molecule is COCCn1c(C)cc(/C=C(\C#N)C(=O)OCc2nc(-c3ccsc3)no2)c1C. The summed E-state index contributed by atoms with van der Waals surface area (Å²) in [5.74, 6) is -0.157. The lowest BCUT2D eigenvalue weighted by atomic mass is 10.1. The standard InChI is InChI=1S/C20H20N4O4S/c1-13-8-16(14(2)24(13)5-6-26-3)9-17(10-21)20(25)27-11-18-22-19(23-28-18)15-4-7-29-12-15/h4,7-9,12H,5-6,11H2,1-3H3/b17-9+. The van der Waals surface area contributed by atoms with E-state index >= 15 is 0 Å². The number of nitriles is 1. The van der Waals surface area contributed by atoms with Crippen molar-refractivity contribution >= 4 is 23.4 Å². The molecule has 3 aromatic heterocycles. The average molecular weight is 412 g/mol. The van der Waals surface area contributed by atoms with Crippen molar-refractivity contribution < 1.29 is 18.8 Å². The maximum Gasteiger partial charge on any atom is 0.349 e. The molecule has 3 rings (SSSR count). The van der Waals surface area contributed by atoms with E-state index in [0.717, 1.165) is 22.5 Å². The summed E-state index contributed by atoms with van der Waals surface area (Å²) in [6, 6.07) is 5.68. The van der Waals surface area contributed by atoms with E-state index in [0.29, 0.717) is 19.0 Å². The van der Waals surface area contributed by atoms with Gasteiger partial charge in [0, 0.05) is 36.0 Å². The van der Waals surface area contributed by atoms with Crippen LogP contribution in [-0.2, 0) is 27.4 Å². The van der Waals surface area contributed by atoms with E-state index < -0.39 is 5.97 Å². The summed E-state index contributed by atoms with van der Waals surface area (Å²) in [5, 5.41) is 17.0. The Morgan fingerprint density at radius 3 is 2.97 bits per heavy atom. The predicted molar refractivity (Wildman–Crippen MR) is 107 cm³/mol. The molecule has 0 bridgehead atoms. The summed E-state index contributed by atoms with van der Waals surface area (Å²) in [7, 11) is 1.64. The zero-order valence-corrected chi connectivity index (χ0v) is 17.2. The molecule has 0 unspecified atom stereocenters. The van der Waals surface area contributed by atoms with Gasteiger partial charge in [-0.3, -0.25) is 0 Å². The Labute approximate surface area is 172 Å². The third-order valence-corrected chi connectivity index (χ3v) is 5.03. The van der Waals surface area contributed by atoms with Crippen molar-refractivity contribution in [3.8, 4) is 17.5 Å². The Kier molecular flexibility index (Phi) is 6.59. The highest BCUT2D eigenvalue weighted by atomic mass is 32.1. The van der Waals surface area contributed by atoms with Crippen LogP contribution in [0.4, 0.5) is 0 Å². The van der Waals surface area contributed by atoms with E-state index in [9.17, 15) is 10.1 Å². The van der Waals surface area contributed by atoms with Gasteiger partial charge in [0.25, 0.3) is 5.89 Å². The van der Waals surface area contributed by atoms with Gasteiger partial charge in [-0.1, -0.05) is 5.16 Å². The normalized spacial score (nSPS) is 11.4.